The third kappa shape index (κ3) is 4.03. The van der Waals surface area contributed by atoms with Crippen LogP contribution in [-0.2, 0) is 16.1 Å². The van der Waals surface area contributed by atoms with Crippen molar-refractivity contribution in [1.82, 2.24) is 4.90 Å². The fourth-order valence-electron chi connectivity index (χ4n) is 4.26. The van der Waals surface area contributed by atoms with E-state index in [0.717, 1.165) is 16.7 Å². The number of amides is 2. The number of aryl methyl sites for hydroxylation is 1. The van der Waals surface area contributed by atoms with E-state index in [-0.39, 0.29) is 11.8 Å². The van der Waals surface area contributed by atoms with Crippen molar-refractivity contribution < 1.29 is 19.1 Å². The quantitative estimate of drug-likeness (QED) is 0.481. The second-order valence-electron chi connectivity index (χ2n) is 8.30. The maximum absolute atomic E-state index is 13.9. The standard InChI is InChI=1S/C28H28N2O4/c1-18-10-9-13-22(19(18)2)30-27(31)25(21-14-15-23(33-4)24(16-21)34-5)26(28(30)32)29(3)17-20-11-7-6-8-12-20/h6-16H,17H2,1-5H3. The van der Waals surface area contributed by atoms with Crippen LogP contribution in [0.25, 0.3) is 5.57 Å². The summed E-state index contributed by atoms with van der Waals surface area (Å²) in [5.41, 5.74) is 4.82. The van der Waals surface area contributed by atoms with Crippen LogP contribution in [0, 0.1) is 13.8 Å². The van der Waals surface area contributed by atoms with Crippen molar-refractivity contribution >= 4 is 23.1 Å². The average molecular weight is 457 g/mol. The first-order valence-electron chi connectivity index (χ1n) is 11.0. The van der Waals surface area contributed by atoms with Gasteiger partial charge in [0.25, 0.3) is 11.8 Å². The highest BCUT2D eigenvalue weighted by molar-refractivity contribution is 6.45. The van der Waals surface area contributed by atoms with Crippen LogP contribution in [0.2, 0.25) is 0 Å². The molecule has 0 N–H and O–H groups in total. The molecule has 174 valence electrons. The second-order valence-corrected chi connectivity index (χ2v) is 8.30. The fraction of sp³-hybridized carbons (Fsp3) is 0.214. The molecule has 4 rings (SSSR count). The van der Waals surface area contributed by atoms with E-state index in [0.29, 0.717) is 40.6 Å². The number of methoxy groups -OCH3 is 2. The molecule has 0 fully saturated rings. The number of likely N-dealkylation sites (N-methyl/N-ethyl adjacent to an activating group) is 1. The van der Waals surface area contributed by atoms with E-state index < -0.39 is 0 Å². The van der Waals surface area contributed by atoms with Crippen molar-refractivity contribution in [1.29, 1.82) is 0 Å². The van der Waals surface area contributed by atoms with E-state index in [4.69, 9.17) is 9.47 Å². The fourth-order valence-corrected chi connectivity index (χ4v) is 4.26. The number of rotatable bonds is 7. The Balaban J connectivity index is 1.86. The van der Waals surface area contributed by atoms with Crippen molar-refractivity contribution in [3.05, 3.63) is 94.7 Å². The summed E-state index contributed by atoms with van der Waals surface area (Å²) < 4.78 is 10.8. The highest BCUT2D eigenvalue weighted by Crippen LogP contribution is 2.39. The van der Waals surface area contributed by atoms with Crippen LogP contribution in [0.5, 0.6) is 11.5 Å². The molecule has 1 aliphatic rings. The van der Waals surface area contributed by atoms with E-state index in [2.05, 4.69) is 0 Å². The van der Waals surface area contributed by atoms with Crippen LogP contribution in [0.3, 0.4) is 0 Å². The largest absolute Gasteiger partial charge is 0.493 e. The molecule has 3 aromatic carbocycles. The molecule has 0 spiro atoms. The number of benzene rings is 3. The summed E-state index contributed by atoms with van der Waals surface area (Å²) in [6.45, 7) is 4.37. The molecule has 0 saturated heterocycles. The van der Waals surface area contributed by atoms with Gasteiger partial charge in [-0.3, -0.25) is 9.59 Å². The summed E-state index contributed by atoms with van der Waals surface area (Å²) in [6, 6.07) is 20.8. The van der Waals surface area contributed by atoms with E-state index >= 15 is 0 Å². The SMILES string of the molecule is COc1ccc(C2=C(N(C)Cc3ccccc3)C(=O)N(c3cccc(C)c3C)C2=O)cc1OC. The maximum atomic E-state index is 13.9. The van der Waals surface area contributed by atoms with Gasteiger partial charge in [-0.2, -0.15) is 0 Å². The van der Waals surface area contributed by atoms with Gasteiger partial charge in [0, 0.05) is 13.6 Å². The molecule has 2 amide bonds. The highest BCUT2D eigenvalue weighted by atomic mass is 16.5. The summed E-state index contributed by atoms with van der Waals surface area (Å²) in [4.78, 5) is 30.8. The molecule has 0 aromatic heterocycles. The van der Waals surface area contributed by atoms with E-state index in [9.17, 15) is 9.59 Å². The second kappa shape index (κ2) is 9.43. The van der Waals surface area contributed by atoms with Crippen LogP contribution in [-0.4, -0.2) is 38.0 Å². The molecular formula is C28H28N2O4. The molecule has 3 aromatic rings. The minimum Gasteiger partial charge on any atom is -0.493 e. The lowest BCUT2D eigenvalue weighted by molar-refractivity contribution is -0.120. The van der Waals surface area contributed by atoms with Gasteiger partial charge >= 0.3 is 0 Å². The monoisotopic (exact) mass is 456 g/mol. The van der Waals surface area contributed by atoms with Crippen LogP contribution in [0.15, 0.2) is 72.4 Å². The van der Waals surface area contributed by atoms with Gasteiger partial charge in [-0.15, -0.1) is 0 Å². The molecule has 6 nitrogen and oxygen atoms in total. The number of carbonyl (C=O) groups is 2. The van der Waals surface area contributed by atoms with Gasteiger partial charge in [0.1, 0.15) is 5.70 Å². The highest BCUT2D eigenvalue weighted by Gasteiger charge is 2.42. The van der Waals surface area contributed by atoms with Crippen LogP contribution < -0.4 is 14.4 Å². The summed E-state index contributed by atoms with van der Waals surface area (Å²) in [7, 11) is 4.94. The zero-order valence-electron chi connectivity index (χ0n) is 20.1. The molecule has 0 radical (unpaired) electrons. The number of hydrogen-bond donors (Lipinski definition) is 0. The summed E-state index contributed by atoms with van der Waals surface area (Å²) in [5, 5.41) is 0. The number of anilines is 1. The lowest BCUT2D eigenvalue weighted by Gasteiger charge is -2.22. The van der Waals surface area contributed by atoms with Crippen molar-refractivity contribution in [2.45, 2.75) is 20.4 Å². The predicted molar refractivity (Wildman–Crippen MR) is 133 cm³/mol. The molecule has 1 aliphatic heterocycles. The number of nitrogens with zero attached hydrogens (tertiary/aromatic N) is 2. The minimum atomic E-state index is -0.360. The number of imide groups is 1. The molecule has 0 aliphatic carbocycles. The van der Waals surface area contributed by atoms with E-state index in [1.165, 1.54) is 4.90 Å². The zero-order chi connectivity index (χ0) is 24.4. The Morgan fingerprint density at radius 2 is 1.53 bits per heavy atom. The van der Waals surface area contributed by atoms with Crippen molar-refractivity contribution in [3.63, 3.8) is 0 Å². The Hall–Kier alpha value is -4.06. The minimum absolute atomic E-state index is 0.338. The lowest BCUT2D eigenvalue weighted by Crippen LogP contribution is -2.34. The predicted octanol–water partition coefficient (Wildman–Crippen LogP) is 4.74. The third-order valence-electron chi connectivity index (χ3n) is 6.19. The molecular weight excluding hydrogens is 428 g/mol. The summed E-state index contributed by atoms with van der Waals surface area (Å²) in [6.07, 6.45) is 0. The Kier molecular flexibility index (Phi) is 6.41. The van der Waals surface area contributed by atoms with E-state index in [1.54, 1.807) is 32.4 Å². The zero-order valence-corrected chi connectivity index (χ0v) is 20.1. The van der Waals surface area contributed by atoms with Crippen molar-refractivity contribution in [3.8, 4) is 11.5 Å². The molecule has 1 heterocycles. The molecule has 0 saturated carbocycles. The van der Waals surface area contributed by atoms with Gasteiger partial charge in [-0.05, 0) is 54.3 Å². The number of carbonyl (C=O) groups excluding carboxylic acids is 2. The Morgan fingerprint density at radius 1 is 0.824 bits per heavy atom. The lowest BCUT2D eigenvalue weighted by atomic mass is 10.0. The Morgan fingerprint density at radius 3 is 2.21 bits per heavy atom. The van der Waals surface area contributed by atoms with Gasteiger partial charge < -0.3 is 14.4 Å². The number of ether oxygens (including phenoxy) is 2. The summed E-state index contributed by atoms with van der Waals surface area (Å²) >= 11 is 0. The first-order chi connectivity index (χ1) is 16.4. The molecule has 0 atom stereocenters. The third-order valence-corrected chi connectivity index (χ3v) is 6.19. The smallest absolute Gasteiger partial charge is 0.282 e. The van der Waals surface area contributed by atoms with Gasteiger partial charge in [0.15, 0.2) is 11.5 Å². The van der Waals surface area contributed by atoms with Gasteiger partial charge in [0.05, 0.1) is 25.5 Å². The molecule has 34 heavy (non-hydrogen) atoms. The van der Waals surface area contributed by atoms with Crippen LogP contribution in [0.1, 0.15) is 22.3 Å². The van der Waals surface area contributed by atoms with Crippen molar-refractivity contribution in [2.24, 2.45) is 0 Å². The molecule has 0 unspecified atom stereocenters. The maximum Gasteiger partial charge on any atom is 0.282 e. The first kappa shape index (κ1) is 23.1. The Labute approximate surface area is 200 Å². The Bertz CT molecular complexity index is 1280. The topological polar surface area (TPSA) is 59.1 Å². The van der Waals surface area contributed by atoms with Gasteiger partial charge in [0.2, 0.25) is 0 Å². The number of hydrogen-bond acceptors (Lipinski definition) is 5. The van der Waals surface area contributed by atoms with Gasteiger partial charge in [-0.25, -0.2) is 4.90 Å². The average Bonchev–Trinajstić information content (AvgIpc) is 3.11. The van der Waals surface area contributed by atoms with Crippen molar-refractivity contribution in [2.75, 3.05) is 26.2 Å². The molecule has 6 heteroatoms. The first-order valence-corrected chi connectivity index (χ1v) is 11.0. The molecule has 0 bridgehead atoms. The van der Waals surface area contributed by atoms with E-state index in [1.807, 2.05) is 74.3 Å². The van der Waals surface area contributed by atoms with Crippen LogP contribution in [0.4, 0.5) is 5.69 Å². The summed E-state index contributed by atoms with van der Waals surface area (Å²) in [5.74, 6) is 0.333. The van der Waals surface area contributed by atoms with Gasteiger partial charge in [-0.1, -0.05) is 48.5 Å². The van der Waals surface area contributed by atoms with Crippen LogP contribution >= 0.6 is 0 Å². The normalized spacial score (nSPS) is 13.5.